The van der Waals surface area contributed by atoms with Crippen molar-refractivity contribution >= 4 is 27.9 Å². The highest BCUT2D eigenvalue weighted by Gasteiger charge is 2.38. The fourth-order valence-corrected chi connectivity index (χ4v) is 5.47. The highest BCUT2D eigenvalue weighted by molar-refractivity contribution is 6.04. The van der Waals surface area contributed by atoms with E-state index in [0.29, 0.717) is 12.5 Å². The number of carbonyl (C=O) groups is 1. The molecule has 0 spiro atoms. The molecular formula is C30H34F3N5O4. The largest absolute Gasteiger partial charge is 0.490 e. The molecule has 0 radical (unpaired) electrons. The second kappa shape index (κ2) is 12.5. The van der Waals surface area contributed by atoms with E-state index in [1.54, 1.807) is 4.57 Å². The Kier molecular flexibility index (Phi) is 8.81. The van der Waals surface area contributed by atoms with E-state index in [4.69, 9.17) is 14.6 Å². The first-order valence-electron chi connectivity index (χ1n) is 14.2. The highest BCUT2D eigenvalue weighted by atomic mass is 19.4. The Morgan fingerprint density at radius 3 is 2.36 bits per heavy atom. The highest BCUT2D eigenvalue weighted by Crippen LogP contribution is 2.36. The Morgan fingerprint density at radius 2 is 1.74 bits per heavy atom. The quantitative estimate of drug-likeness (QED) is 0.283. The van der Waals surface area contributed by atoms with Gasteiger partial charge in [-0.05, 0) is 75.4 Å². The van der Waals surface area contributed by atoms with Crippen LogP contribution in [-0.4, -0.2) is 67.5 Å². The van der Waals surface area contributed by atoms with Crippen LogP contribution in [0.25, 0.3) is 33.1 Å². The molecule has 4 aromatic rings. The molecule has 1 aliphatic heterocycles. The molecule has 0 unspecified atom stereocenters. The van der Waals surface area contributed by atoms with Crippen LogP contribution in [0, 0.1) is 0 Å². The van der Waals surface area contributed by atoms with Crippen molar-refractivity contribution in [3.63, 3.8) is 0 Å². The molecule has 1 aliphatic carbocycles. The van der Waals surface area contributed by atoms with Crippen LogP contribution < -0.4 is 10.4 Å². The molecule has 2 aliphatic rings. The number of likely N-dealkylation sites (tertiary alicyclic amines) is 1. The van der Waals surface area contributed by atoms with Gasteiger partial charge in [0.15, 0.2) is 0 Å². The topological polar surface area (TPSA) is 102 Å². The number of benzene rings is 1. The van der Waals surface area contributed by atoms with Crippen molar-refractivity contribution in [2.75, 3.05) is 26.2 Å². The predicted molar refractivity (Wildman–Crippen MR) is 153 cm³/mol. The van der Waals surface area contributed by atoms with Gasteiger partial charge in [0.25, 0.3) is 0 Å². The third-order valence-electron chi connectivity index (χ3n) is 7.98. The van der Waals surface area contributed by atoms with Gasteiger partial charge >= 0.3 is 17.8 Å². The van der Waals surface area contributed by atoms with E-state index in [1.807, 2.05) is 36.1 Å². The number of fused-ring (bicyclic) bond motifs is 3. The number of imidazole rings is 1. The van der Waals surface area contributed by atoms with Crippen LogP contribution >= 0.6 is 0 Å². The second-order valence-corrected chi connectivity index (χ2v) is 10.8. The number of alkyl halides is 3. The maximum atomic E-state index is 13.0. The maximum Gasteiger partial charge on any atom is 0.490 e. The zero-order valence-corrected chi connectivity index (χ0v) is 23.4. The number of halogens is 3. The van der Waals surface area contributed by atoms with Gasteiger partial charge in [-0.25, -0.2) is 14.6 Å². The Hall–Kier alpha value is -3.93. The van der Waals surface area contributed by atoms with Crippen LogP contribution in [-0.2, 0) is 11.8 Å². The molecule has 3 aromatic heterocycles. The molecule has 224 valence electrons. The lowest BCUT2D eigenvalue weighted by atomic mass is 9.92. The zero-order chi connectivity index (χ0) is 29.9. The Morgan fingerprint density at radius 1 is 1.02 bits per heavy atom. The van der Waals surface area contributed by atoms with E-state index >= 15 is 0 Å². The number of carboxylic acid groups (broad SMARTS) is 1. The third kappa shape index (κ3) is 6.43. The lowest BCUT2D eigenvalue weighted by Gasteiger charge is -2.27. The SMILES string of the molecule is Cn1c(=O)n(C2CCC2)c2c3cc(-c4ccc(OCCCN5CCCCC5)nc4)ccc3ncc21.O=C(O)C(F)(F)F. The van der Waals surface area contributed by atoms with Crippen molar-refractivity contribution in [1.29, 1.82) is 0 Å². The van der Waals surface area contributed by atoms with Crippen molar-refractivity contribution in [1.82, 2.24) is 24.0 Å². The minimum Gasteiger partial charge on any atom is -0.478 e. The summed E-state index contributed by atoms with van der Waals surface area (Å²) in [5.41, 5.74) is 4.92. The molecule has 1 saturated carbocycles. The van der Waals surface area contributed by atoms with Crippen molar-refractivity contribution in [3.8, 4) is 17.0 Å². The van der Waals surface area contributed by atoms with Crippen LogP contribution in [0.1, 0.15) is 51.0 Å². The van der Waals surface area contributed by atoms with E-state index in [2.05, 4.69) is 33.1 Å². The van der Waals surface area contributed by atoms with Crippen molar-refractivity contribution in [3.05, 3.63) is 53.2 Å². The Balaban J connectivity index is 0.000000451. The number of hydrogen-bond acceptors (Lipinski definition) is 6. The summed E-state index contributed by atoms with van der Waals surface area (Å²) < 4.78 is 41.4. The van der Waals surface area contributed by atoms with Gasteiger partial charge in [-0.1, -0.05) is 12.5 Å². The van der Waals surface area contributed by atoms with Gasteiger partial charge in [0.2, 0.25) is 5.88 Å². The second-order valence-electron chi connectivity index (χ2n) is 10.8. The van der Waals surface area contributed by atoms with Crippen LogP contribution in [0.2, 0.25) is 0 Å². The van der Waals surface area contributed by atoms with Crippen LogP contribution in [0.5, 0.6) is 5.88 Å². The number of aromatic nitrogens is 4. The molecule has 2 fully saturated rings. The average molecular weight is 586 g/mol. The molecule has 4 heterocycles. The first-order valence-corrected chi connectivity index (χ1v) is 14.2. The van der Waals surface area contributed by atoms with E-state index < -0.39 is 12.1 Å². The fourth-order valence-electron chi connectivity index (χ4n) is 5.47. The summed E-state index contributed by atoms with van der Waals surface area (Å²) >= 11 is 0. The molecule has 42 heavy (non-hydrogen) atoms. The number of carboxylic acids is 1. The summed E-state index contributed by atoms with van der Waals surface area (Å²) in [4.78, 5) is 33.7. The minimum atomic E-state index is -5.08. The van der Waals surface area contributed by atoms with Gasteiger partial charge in [-0.15, -0.1) is 0 Å². The van der Waals surface area contributed by atoms with Gasteiger partial charge in [-0.3, -0.25) is 14.1 Å². The summed E-state index contributed by atoms with van der Waals surface area (Å²) in [6, 6.07) is 10.6. The number of nitrogens with zero attached hydrogens (tertiary/aromatic N) is 5. The molecule has 12 heteroatoms. The normalized spacial score (nSPS) is 16.2. The van der Waals surface area contributed by atoms with Crippen LogP contribution in [0.15, 0.2) is 47.5 Å². The predicted octanol–water partition coefficient (Wildman–Crippen LogP) is 5.56. The first kappa shape index (κ1) is 29.6. The van der Waals surface area contributed by atoms with Gasteiger partial charge in [-0.2, -0.15) is 13.2 Å². The number of hydrogen-bond donors (Lipinski definition) is 1. The van der Waals surface area contributed by atoms with Crippen molar-refractivity contribution in [2.24, 2.45) is 7.05 Å². The van der Waals surface area contributed by atoms with Crippen molar-refractivity contribution < 1.29 is 27.8 Å². The number of aliphatic carboxylic acids is 1. The summed E-state index contributed by atoms with van der Waals surface area (Å²) in [6.45, 7) is 4.23. The summed E-state index contributed by atoms with van der Waals surface area (Å²) in [5.74, 6) is -2.09. The zero-order valence-electron chi connectivity index (χ0n) is 23.4. The number of aryl methyl sites for hydroxylation is 1. The number of piperidine rings is 1. The van der Waals surface area contributed by atoms with Crippen molar-refractivity contribution in [2.45, 2.75) is 57.2 Å². The first-order chi connectivity index (χ1) is 20.1. The average Bonchev–Trinajstić information content (AvgIpc) is 3.20. The van der Waals surface area contributed by atoms with E-state index in [-0.39, 0.29) is 11.7 Å². The molecule has 0 bridgehead atoms. The number of rotatable bonds is 7. The van der Waals surface area contributed by atoms with E-state index in [9.17, 15) is 18.0 Å². The molecule has 1 aromatic carbocycles. The number of ether oxygens (including phenoxy) is 1. The lowest BCUT2D eigenvalue weighted by Crippen LogP contribution is -2.31. The monoisotopic (exact) mass is 585 g/mol. The third-order valence-corrected chi connectivity index (χ3v) is 7.98. The van der Waals surface area contributed by atoms with E-state index in [1.165, 1.54) is 38.8 Å². The molecular weight excluding hydrogens is 551 g/mol. The molecule has 1 saturated heterocycles. The molecule has 0 atom stereocenters. The molecule has 1 N–H and O–H groups in total. The van der Waals surface area contributed by atoms with Gasteiger partial charge in [0.1, 0.15) is 0 Å². The standard InChI is InChI=1S/C28H33N5O2.C2HF3O2/c1-31-25-19-29-24-11-9-20(17-23(24)27(25)33(28(31)34)22-7-5-8-22)21-10-12-26(30-18-21)35-16-6-15-32-13-3-2-4-14-32;3-2(4,5)1(6)7/h9-12,17-19,22H,2-8,13-16H2,1H3;(H,6,7). The molecule has 6 rings (SSSR count). The Bertz CT molecular complexity index is 1600. The Labute approximate surface area is 240 Å². The van der Waals surface area contributed by atoms with E-state index in [0.717, 1.165) is 58.9 Å². The van der Waals surface area contributed by atoms with Crippen LogP contribution in [0.4, 0.5) is 13.2 Å². The maximum absolute atomic E-state index is 13.0. The summed E-state index contributed by atoms with van der Waals surface area (Å²) in [6.07, 6.45) is 6.96. The van der Waals surface area contributed by atoms with Gasteiger partial charge < -0.3 is 14.7 Å². The summed E-state index contributed by atoms with van der Waals surface area (Å²) in [5, 5.41) is 8.14. The van der Waals surface area contributed by atoms with Gasteiger partial charge in [0.05, 0.1) is 29.4 Å². The minimum absolute atomic E-state index is 0.0489. The smallest absolute Gasteiger partial charge is 0.478 e. The fraction of sp³-hybridized carbons (Fsp3) is 0.467. The number of pyridine rings is 2. The summed E-state index contributed by atoms with van der Waals surface area (Å²) in [7, 11) is 1.84. The lowest BCUT2D eigenvalue weighted by molar-refractivity contribution is -0.192. The molecule has 0 amide bonds. The van der Waals surface area contributed by atoms with Gasteiger partial charge in [0, 0.05) is 42.8 Å². The van der Waals surface area contributed by atoms with Crippen LogP contribution in [0.3, 0.4) is 0 Å². The molecule has 9 nitrogen and oxygen atoms in total.